The van der Waals surface area contributed by atoms with E-state index in [1.165, 1.54) is 12.8 Å². The van der Waals surface area contributed by atoms with E-state index in [9.17, 15) is 9.18 Å². The van der Waals surface area contributed by atoms with Gasteiger partial charge >= 0.3 is 6.03 Å². The minimum atomic E-state index is -2.92. The van der Waals surface area contributed by atoms with Crippen LogP contribution in [-0.4, -0.2) is 101 Å². The fourth-order valence-electron chi connectivity index (χ4n) is 6.34. The Balaban J connectivity index is 1.04. The third kappa shape index (κ3) is 5.10. The predicted octanol–water partition coefficient (Wildman–Crippen LogP) is 3.54. The van der Waals surface area contributed by atoms with Gasteiger partial charge in [-0.2, -0.15) is 4.98 Å². The molecule has 5 fully saturated rings. The lowest BCUT2D eigenvalue weighted by atomic mass is 9.79. The molecule has 6 rings (SSSR count). The molecule has 0 spiro atoms. The third-order valence-electron chi connectivity index (χ3n) is 9.52. The van der Waals surface area contributed by atoms with Crippen molar-refractivity contribution < 1.29 is 22.5 Å². The molecule has 1 aromatic rings. The maximum absolute atomic E-state index is 15.1. The number of piperidine rings is 1. The van der Waals surface area contributed by atoms with Crippen molar-refractivity contribution in [3.05, 3.63) is 11.7 Å². The molecule has 0 unspecified atom stereocenters. The molecular weight excluding hydrogens is 485 g/mol. The maximum atomic E-state index is 15.1. The maximum Gasteiger partial charge on any atom is 0.317 e. The van der Waals surface area contributed by atoms with Crippen molar-refractivity contribution in [2.75, 3.05) is 39.8 Å². The minimum Gasteiger partial charge on any atom is -0.339 e. The summed E-state index contributed by atoms with van der Waals surface area (Å²) in [6.45, 7) is 5.52. The number of urea groups is 1. The highest BCUT2D eigenvalue weighted by Gasteiger charge is 2.52. The van der Waals surface area contributed by atoms with Gasteiger partial charge in [0.1, 0.15) is 12.2 Å². The van der Waals surface area contributed by atoms with Crippen molar-refractivity contribution in [2.45, 2.75) is 99.8 Å². The molecule has 8 nitrogen and oxygen atoms in total. The van der Waals surface area contributed by atoms with E-state index < -0.39 is 29.6 Å². The fourth-order valence-corrected chi connectivity index (χ4v) is 6.34. The Labute approximate surface area is 216 Å². The Hall–Kier alpha value is -1.88. The summed E-state index contributed by atoms with van der Waals surface area (Å²) in [5.41, 5.74) is -0.393. The van der Waals surface area contributed by atoms with Crippen LogP contribution in [0, 0.1) is 5.92 Å². The number of likely N-dealkylation sites (tertiary alicyclic amines) is 2. The molecule has 11 heteroatoms. The molecule has 3 heterocycles. The molecule has 3 aliphatic carbocycles. The third-order valence-corrected chi connectivity index (χ3v) is 9.52. The SMILES string of the molecule is CN(CC1CC1)C1CN([C@H]2CCCC(F)(F)[C@@H]2NC(=O)N2CCC(C)(c3noc([C@@H]4C[C@@H]4F)n3)CC2)C1. The van der Waals surface area contributed by atoms with E-state index in [-0.39, 0.29) is 18.4 Å². The van der Waals surface area contributed by atoms with Crippen LogP contribution in [0.2, 0.25) is 0 Å². The molecule has 3 saturated carbocycles. The first-order valence-electron chi connectivity index (χ1n) is 14.0. The summed E-state index contributed by atoms with van der Waals surface area (Å²) >= 11 is 0. The number of aromatic nitrogens is 2. The Kier molecular flexibility index (Phi) is 6.45. The first-order chi connectivity index (χ1) is 17.6. The summed E-state index contributed by atoms with van der Waals surface area (Å²) in [7, 11) is 2.14. The van der Waals surface area contributed by atoms with Gasteiger partial charge in [-0.3, -0.25) is 4.90 Å². The van der Waals surface area contributed by atoms with Crippen molar-refractivity contribution in [3.8, 4) is 0 Å². The van der Waals surface area contributed by atoms with Gasteiger partial charge in [0.25, 0.3) is 5.92 Å². The molecule has 2 aliphatic heterocycles. The largest absolute Gasteiger partial charge is 0.339 e. The molecule has 37 heavy (non-hydrogen) atoms. The summed E-state index contributed by atoms with van der Waals surface area (Å²) < 4.78 is 48.9. The van der Waals surface area contributed by atoms with Crippen LogP contribution in [0.4, 0.5) is 18.0 Å². The summed E-state index contributed by atoms with van der Waals surface area (Å²) in [5.74, 6) is -1.52. The van der Waals surface area contributed by atoms with Crippen LogP contribution >= 0.6 is 0 Å². The van der Waals surface area contributed by atoms with E-state index in [1.54, 1.807) is 4.90 Å². The standard InChI is InChI=1S/C26H39F3N6O2/c1-25(23-31-22(37-32-23)18-12-19(18)27)8-10-34(11-9-25)24(36)30-21-20(4-3-7-26(21,28)29)35-14-17(15-35)33(2)13-16-5-6-16/h16-21H,3-15H2,1-2H3,(H,30,36)/t18-,19+,20+,21-/m1/s1. The van der Waals surface area contributed by atoms with Gasteiger partial charge in [0.2, 0.25) is 5.89 Å². The first kappa shape index (κ1) is 25.4. The van der Waals surface area contributed by atoms with Crippen molar-refractivity contribution in [1.82, 2.24) is 30.2 Å². The van der Waals surface area contributed by atoms with Gasteiger partial charge in [-0.25, -0.2) is 18.0 Å². The predicted molar refractivity (Wildman–Crippen MR) is 130 cm³/mol. The van der Waals surface area contributed by atoms with Crippen LogP contribution in [0.3, 0.4) is 0 Å². The minimum absolute atomic E-state index is 0.188. The summed E-state index contributed by atoms with van der Waals surface area (Å²) in [4.78, 5) is 23.8. The highest BCUT2D eigenvalue weighted by atomic mass is 19.3. The van der Waals surface area contributed by atoms with Crippen molar-refractivity contribution in [3.63, 3.8) is 0 Å². The average Bonchev–Trinajstić information content (AvgIpc) is 3.72. The second-order valence-corrected chi connectivity index (χ2v) is 12.5. The zero-order chi connectivity index (χ0) is 25.9. The first-order valence-corrected chi connectivity index (χ1v) is 14.0. The summed E-state index contributed by atoms with van der Waals surface area (Å²) in [5, 5.41) is 6.85. The summed E-state index contributed by atoms with van der Waals surface area (Å²) in [6, 6.07) is -1.53. The lowest BCUT2D eigenvalue weighted by molar-refractivity contribution is -0.111. The number of hydrogen-bond donors (Lipinski definition) is 1. The number of alkyl halides is 3. The number of rotatable bonds is 7. The van der Waals surface area contributed by atoms with Crippen molar-refractivity contribution in [1.29, 1.82) is 0 Å². The van der Waals surface area contributed by atoms with E-state index in [4.69, 9.17) is 4.52 Å². The van der Waals surface area contributed by atoms with Gasteiger partial charge in [-0.15, -0.1) is 0 Å². The van der Waals surface area contributed by atoms with E-state index in [0.717, 1.165) is 25.6 Å². The summed E-state index contributed by atoms with van der Waals surface area (Å²) in [6.07, 6.45) is 4.27. The number of carbonyl (C=O) groups excluding carboxylic acids is 1. The second-order valence-electron chi connectivity index (χ2n) is 12.5. The molecular formula is C26H39F3N6O2. The number of carbonyl (C=O) groups is 1. The number of likely N-dealkylation sites (N-methyl/N-ethyl adjacent to an activating group) is 1. The number of amides is 2. The van der Waals surface area contributed by atoms with E-state index in [0.29, 0.717) is 63.0 Å². The van der Waals surface area contributed by atoms with Gasteiger partial charge in [0.15, 0.2) is 5.82 Å². The highest BCUT2D eigenvalue weighted by molar-refractivity contribution is 5.75. The fraction of sp³-hybridized carbons (Fsp3) is 0.885. The molecule has 2 saturated heterocycles. The average molecular weight is 525 g/mol. The molecule has 1 N–H and O–H groups in total. The van der Waals surface area contributed by atoms with Gasteiger partial charge in [-0.1, -0.05) is 12.1 Å². The Morgan fingerprint density at radius 1 is 1.19 bits per heavy atom. The molecule has 0 bridgehead atoms. The topological polar surface area (TPSA) is 77.7 Å². The number of hydrogen-bond acceptors (Lipinski definition) is 6. The van der Waals surface area contributed by atoms with Crippen LogP contribution in [-0.2, 0) is 5.41 Å². The van der Waals surface area contributed by atoms with Crippen molar-refractivity contribution >= 4 is 6.03 Å². The van der Waals surface area contributed by atoms with Crippen molar-refractivity contribution in [2.24, 2.45) is 5.92 Å². The molecule has 0 radical (unpaired) electrons. The van der Waals surface area contributed by atoms with Crippen LogP contribution in [0.25, 0.3) is 0 Å². The Morgan fingerprint density at radius 2 is 1.89 bits per heavy atom. The molecule has 206 valence electrons. The normalized spacial score (nSPS) is 33.8. The van der Waals surface area contributed by atoms with Crippen LogP contribution < -0.4 is 5.32 Å². The van der Waals surface area contributed by atoms with Crippen LogP contribution in [0.5, 0.6) is 0 Å². The van der Waals surface area contributed by atoms with Crippen LogP contribution in [0.1, 0.15) is 75.9 Å². The zero-order valence-electron chi connectivity index (χ0n) is 21.8. The highest BCUT2D eigenvalue weighted by Crippen LogP contribution is 2.44. The van der Waals surface area contributed by atoms with Gasteiger partial charge in [-0.05, 0) is 57.9 Å². The molecule has 4 atom stereocenters. The van der Waals surface area contributed by atoms with Gasteiger partial charge in [0, 0.05) is 56.6 Å². The quantitative estimate of drug-likeness (QED) is 0.588. The van der Waals surface area contributed by atoms with E-state index >= 15 is 8.78 Å². The van der Waals surface area contributed by atoms with Gasteiger partial charge in [0.05, 0.1) is 5.92 Å². The lowest BCUT2D eigenvalue weighted by Crippen LogP contribution is -2.70. The van der Waals surface area contributed by atoms with Gasteiger partial charge < -0.3 is 19.6 Å². The zero-order valence-corrected chi connectivity index (χ0v) is 21.8. The molecule has 1 aromatic heterocycles. The monoisotopic (exact) mass is 524 g/mol. The molecule has 2 amide bonds. The smallest absolute Gasteiger partial charge is 0.317 e. The van der Waals surface area contributed by atoms with E-state index in [2.05, 4.69) is 32.3 Å². The molecule has 0 aromatic carbocycles. The second kappa shape index (κ2) is 9.39. The lowest BCUT2D eigenvalue weighted by Gasteiger charge is -2.52. The Morgan fingerprint density at radius 3 is 2.54 bits per heavy atom. The number of halogens is 3. The number of nitrogens with zero attached hydrogens (tertiary/aromatic N) is 5. The Bertz CT molecular complexity index is 989. The van der Waals surface area contributed by atoms with E-state index in [1.807, 2.05) is 6.92 Å². The van der Waals surface area contributed by atoms with Crippen LogP contribution in [0.15, 0.2) is 4.52 Å². The molecule has 5 aliphatic rings. The number of nitrogens with one attached hydrogen (secondary N) is 1.